The molecule has 2 aromatic rings. The van der Waals surface area contributed by atoms with Gasteiger partial charge >= 0.3 is 0 Å². The smallest absolute Gasteiger partial charge is 0.274 e. The molecule has 1 atom stereocenters. The van der Waals surface area contributed by atoms with E-state index >= 15 is 0 Å². The van der Waals surface area contributed by atoms with Gasteiger partial charge in [0.05, 0.1) is 0 Å². The van der Waals surface area contributed by atoms with Gasteiger partial charge in [0.1, 0.15) is 11.6 Å². The molecule has 0 radical (unpaired) electrons. The number of hydrogen-bond acceptors (Lipinski definition) is 3. The fourth-order valence-electron chi connectivity index (χ4n) is 3.87. The Morgan fingerprint density at radius 2 is 2.07 bits per heavy atom. The molecule has 0 saturated carbocycles. The van der Waals surface area contributed by atoms with Crippen LogP contribution in [0.4, 0.5) is 8.78 Å². The molecule has 0 saturated heterocycles. The van der Waals surface area contributed by atoms with Crippen molar-refractivity contribution < 1.29 is 13.6 Å². The van der Waals surface area contributed by atoms with E-state index in [1.807, 2.05) is 4.68 Å². The molecule has 0 fully saturated rings. The summed E-state index contributed by atoms with van der Waals surface area (Å²) < 4.78 is 30.3. The largest absolute Gasteiger partial charge is 0.343 e. The van der Waals surface area contributed by atoms with Crippen LogP contribution in [0.1, 0.15) is 53.1 Å². The van der Waals surface area contributed by atoms with Gasteiger partial charge < -0.3 is 10.2 Å². The Morgan fingerprint density at radius 1 is 1.34 bits per heavy atom. The number of nitrogens with one attached hydrogen (secondary N) is 1. The van der Waals surface area contributed by atoms with Crippen LogP contribution < -0.4 is 5.32 Å². The first-order valence-corrected chi connectivity index (χ1v) is 10.2. The summed E-state index contributed by atoms with van der Waals surface area (Å²) in [5, 5.41) is 7.91. The molecule has 1 aromatic carbocycles. The quantitative estimate of drug-likeness (QED) is 0.802. The summed E-state index contributed by atoms with van der Waals surface area (Å²) in [7, 11) is 3.44. The average Bonchev–Trinajstić information content (AvgIpc) is 3.01. The second-order valence-corrected chi connectivity index (χ2v) is 8.53. The lowest BCUT2D eigenvalue weighted by molar-refractivity contribution is 0.0819. The fraction of sp³-hybridized carbons (Fsp3) is 0.545. The molecule has 1 amide bonds. The fourth-order valence-corrected chi connectivity index (χ4v) is 3.87. The van der Waals surface area contributed by atoms with Crippen LogP contribution in [0.2, 0.25) is 0 Å². The van der Waals surface area contributed by atoms with Crippen LogP contribution in [0.15, 0.2) is 12.1 Å². The average molecular weight is 405 g/mol. The summed E-state index contributed by atoms with van der Waals surface area (Å²) in [5.41, 5.74) is 3.05. The number of nitrogens with zero attached hydrogens (tertiary/aromatic N) is 3. The zero-order valence-electron chi connectivity index (χ0n) is 17.9. The Balaban J connectivity index is 1.82. The molecule has 1 heterocycles. The van der Waals surface area contributed by atoms with Gasteiger partial charge in [-0.15, -0.1) is 0 Å². The number of carbonyl (C=O) groups excluding carboxylic acids is 1. The minimum atomic E-state index is -0.537. The lowest BCUT2D eigenvalue weighted by atomic mass is 9.90. The van der Waals surface area contributed by atoms with E-state index in [0.717, 1.165) is 30.6 Å². The van der Waals surface area contributed by atoms with Gasteiger partial charge in [0, 0.05) is 50.0 Å². The van der Waals surface area contributed by atoms with E-state index in [1.165, 1.54) is 17.0 Å². The number of benzene rings is 1. The second kappa shape index (κ2) is 8.61. The van der Waals surface area contributed by atoms with Crippen molar-refractivity contribution in [2.45, 2.75) is 59.2 Å². The Labute approximate surface area is 171 Å². The highest BCUT2D eigenvalue weighted by Crippen LogP contribution is 2.27. The molecule has 1 unspecified atom stereocenters. The number of amides is 1. The van der Waals surface area contributed by atoms with Gasteiger partial charge in [-0.25, -0.2) is 8.78 Å². The molecule has 1 aromatic heterocycles. The molecule has 158 valence electrons. The van der Waals surface area contributed by atoms with Gasteiger partial charge in [0.2, 0.25) is 0 Å². The molecular weight excluding hydrogens is 374 g/mol. The molecular formula is C22H30F2N4O. The van der Waals surface area contributed by atoms with Crippen molar-refractivity contribution in [1.29, 1.82) is 0 Å². The van der Waals surface area contributed by atoms with Crippen molar-refractivity contribution in [2.75, 3.05) is 14.1 Å². The predicted molar refractivity (Wildman–Crippen MR) is 109 cm³/mol. The minimum Gasteiger partial charge on any atom is -0.343 e. The van der Waals surface area contributed by atoms with Crippen molar-refractivity contribution in [3.8, 4) is 0 Å². The van der Waals surface area contributed by atoms with Gasteiger partial charge in [-0.05, 0) is 43.7 Å². The Kier molecular flexibility index (Phi) is 6.36. The molecule has 5 nitrogen and oxygen atoms in total. The molecule has 1 aliphatic carbocycles. The Hall–Kier alpha value is -2.28. The first-order valence-electron chi connectivity index (χ1n) is 10.2. The number of aromatic nitrogens is 2. The van der Waals surface area contributed by atoms with Crippen molar-refractivity contribution in [1.82, 2.24) is 20.0 Å². The van der Waals surface area contributed by atoms with E-state index in [4.69, 9.17) is 0 Å². The van der Waals surface area contributed by atoms with E-state index in [1.54, 1.807) is 21.0 Å². The van der Waals surface area contributed by atoms with Crippen molar-refractivity contribution in [2.24, 2.45) is 5.92 Å². The van der Waals surface area contributed by atoms with E-state index in [2.05, 4.69) is 24.3 Å². The summed E-state index contributed by atoms with van der Waals surface area (Å²) >= 11 is 0. The number of carbonyl (C=O) groups is 1. The van der Waals surface area contributed by atoms with Crippen molar-refractivity contribution in [3.63, 3.8) is 0 Å². The van der Waals surface area contributed by atoms with Gasteiger partial charge in [0.25, 0.3) is 5.91 Å². The summed E-state index contributed by atoms with van der Waals surface area (Å²) in [6.07, 6.45) is 2.24. The van der Waals surface area contributed by atoms with Gasteiger partial charge in [-0.3, -0.25) is 9.48 Å². The van der Waals surface area contributed by atoms with Crippen LogP contribution >= 0.6 is 0 Å². The van der Waals surface area contributed by atoms with Crippen LogP contribution in [-0.2, 0) is 25.9 Å². The van der Waals surface area contributed by atoms with Gasteiger partial charge in [-0.2, -0.15) is 5.10 Å². The van der Waals surface area contributed by atoms with Crippen LogP contribution in [0.25, 0.3) is 0 Å². The maximum absolute atomic E-state index is 14.3. The van der Waals surface area contributed by atoms with Gasteiger partial charge in [-0.1, -0.05) is 19.9 Å². The summed E-state index contributed by atoms with van der Waals surface area (Å²) in [6, 6.07) is 2.79. The molecule has 0 bridgehead atoms. The number of aryl methyl sites for hydroxylation is 1. The molecule has 0 aliphatic heterocycles. The van der Waals surface area contributed by atoms with E-state index in [9.17, 15) is 13.6 Å². The van der Waals surface area contributed by atoms with Crippen LogP contribution in [0.5, 0.6) is 0 Å². The van der Waals surface area contributed by atoms with E-state index in [0.29, 0.717) is 23.6 Å². The normalized spacial score (nSPS) is 16.2. The third-order valence-corrected chi connectivity index (χ3v) is 5.44. The molecule has 0 spiro atoms. The first kappa shape index (κ1) is 21.4. The maximum Gasteiger partial charge on any atom is 0.274 e. The molecule has 7 heteroatoms. The number of halogens is 2. The highest BCUT2D eigenvalue weighted by molar-refractivity contribution is 5.93. The third kappa shape index (κ3) is 4.50. The lowest BCUT2D eigenvalue weighted by Crippen LogP contribution is -2.35. The topological polar surface area (TPSA) is 50.2 Å². The summed E-state index contributed by atoms with van der Waals surface area (Å²) in [4.78, 5) is 14.2. The first-order chi connectivity index (χ1) is 13.7. The predicted octanol–water partition coefficient (Wildman–Crippen LogP) is 3.47. The lowest BCUT2D eigenvalue weighted by Gasteiger charge is -2.25. The SMILES string of the molecule is Cc1ccc(F)c(CNC2CCc3c(c(C(=O)N(C)C)nn3CC(C)C)C2)c1F. The Bertz CT molecular complexity index is 905. The molecule has 1 N–H and O–H groups in total. The Morgan fingerprint density at radius 3 is 2.72 bits per heavy atom. The van der Waals surface area contributed by atoms with Crippen LogP contribution in [-0.4, -0.2) is 40.7 Å². The van der Waals surface area contributed by atoms with Crippen LogP contribution in [0.3, 0.4) is 0 Å². The minimum absolute atomic E-state index is 0.0345. The number of hydrogen-bond donors (Lipinski definition) is 1. The molecule has 29 heavy (non-hydrogen) atoms. The monoisotopic (exact) mass is 404 g/mol. The highest BCUT2D eigenvalue weighted by atomic mass is 19.1. The number of fused-ring (bicyclic) bond motifs is 1. The zero-order valence-corrected chi connectivity index (χ0v) is 17.9. The summed E-state index contributed by atoms with van der Waals surface area (Å²) in [5.74, 6) is -0.725. The maximum atomic E-state index is 14.3. The zero-order chi connectivity index (χ0) is 21.3. The molecule has 1 aliphatic rings. The van der Waals surface area contributed by atoms with Crippen molar-refractivity contribution >= 4 is 5.91 Å². The highest BCUT2D eigenvalue weighted by Gasteiger charge is 2.30. The van der Waals surface area contributed by atoms with E-state index in [-0.39, 0.29) is 24.1 Å². The van der Waals surface area contributed by atoms with Gasteiger partial charge in [0.15, 0.2) is 5.69 Å². The third-order valence-electron chi connectivity index (χ3n) is 5.44. The van der Waals surface area contributed by atoms with E-state index < -0.39 is 11.6 Å². The second-order valence-electron chi connectivity index (χ2n) is 8.53. The standard InChI is InChI=1S/C22H30F2N4O/c1-13(2)12-28-19-9-7-15(10-16(19)21(26-28)22(29)27(4)5)25-11-17-18(23)8-6-14(3)20(17)24/h6,8,13,15,25H,7,9-12H2,1-5H3. The van der Waals surface area contributed by atoms with Crippen molar-refractivity contribution in [3.05, 3.63) is 51.8 Å². The molecule has 3 rings (SSSR count). The number of rotatable bonds is 6. The van der Waals surface area contributed by atoms with Crippen LogP contribution in [0, 0.1) is 24.5 Å². The summed E-state index contributed by atoms with van der Waals surface area (Å²) in [6.45, 7) is 6.77.